The summed E-state index contributed by atoms with van der Waals surface area (Å²) < 4.78 is 27.7. The van der Waals surface area contributed by atoms with Crippen molar-refractivity contribution < 1.29 is 13.2 Å². The van der Waals surface area contributed by atoms with Crippen LogP contribution in [0.2, 0.25) is 0 Å². The van der Waals surface area contributed by atoms with Gasteiger partial charge in [0.15, 0.2) is 0 Å². The topological polar surface area (TPSA) is 57.7 Å². The van der Waals surface area contributed by atoms with Gasteiger partial charge in [0.2, 0.25) is 15.9 Å². The van der Waals surface area contributed by atoms with Crippen molar-refractivity contribution in [3.8, 4) is 0 Å². The van der Waals surface area contributed by atoms with Crippen molar-refractivity contribution in [2.24, 2.45) is 5.92 Å². The molecule has 1 fully saturated rings. The molecule has 0 unspecified atom stereocenters. The van der Waals surface area contributed by atoms with E-state index >= 15 is 0 Å². The second kappa shape index (κ2) is 9.37. The molecule has 6 heteroatoms. The fourth-order valence-corrected chi connectivity index (χ4v) is 5.37. The van der Waals surface area contributed by atoms with Crippen LogP contribution in [0.15, 0.2) is 72.1 Å². The van der Waals surface area contributed by atoms with E-state index in [9.17, 15) is 13.2 Å². The zero-order chi connectivity index (χ0) is 22.6. The average Bonchev–Trinajstić information content (AvgIpc) is 2.77. The Kier molecular flexibility index (Phi) is 7.02. The lowest BCUT2D eigenvalue weighted by Crippen LogP contribution is -2.44. The highest BCUT2D eigenvalue weighted by Crippen LogP contribution is 2.28. The molecule has 3 rings (SSSR count). The molecular weight excluding hydrogens is 408 g/mol. The molecule has 1 saturated heterocycles. The number of rotatable bonds is 6. The van der Waals surface area contributed by atoms with Crippen LogP contribution >= 0.6 is 0 Å². The van der Waals surface area contributed by atoms with Crippen LogP contribution in [0.5, 0.6) is 0 Å². The van der Waals surface area contributed by atoms with Crippen molar-refractivity contribution in [1.82, 2.24) is 4.31 Å². The standard InChI is InChI=1S/C25H32N2O3S/c1-5-17-27(22-9-7-6-8-10-22)24(28)20-15-18-26(19-16-20)31(29,30)23-13-11-21(12-14-23)25(2,3)4/h5-14,20H,1,15-19H2,2-4H3. The molecule has 0 spiro atoms. The summed E-state index contributed by atoms with van der Waals surface area (Å²) in [5.41, 5.74) is 1.90. The molecule has 0 aliphatic carbocycles. The van der Waals surface area contributed by atoms with Crippen LogP contribution in [0.1, 0.15) is 39.2 Å². The van der Waals surface area contributed by atoms with Crippen LogP contribution in [0.4, 0.5) is 5.69 Å². The van der Waals surface area contributed by atoms with Gasteiger partial charge in [-0.05, 0) is 48.1 Å². The first-order chi connectivity index (χ1) is 14.6. The third-order valence-corrected chi connectivity index (χ3v) is 7.72. The molecule has 2 aromatic rings. The highest BCUT2D eigenvalue weighted by atomic mass is 32.2. The van der Waals surface area contributed by atoms with Crippen molar-refractivity contribution in [1.29, 1.82) is 0 Å². The molecular formula is C25H32N2O3S. The summed E-state index contributed by atoms with van der Waals surface area (Å²) in [6, 6.07) is 16.7. The van der Waals surface area contributed by atoms with Crippen LogP contribution in [0, 0.1) is 5.92 Å². The molecule has 5 nitrogen and oxygen atoms in total. The van der Waals surface area contributed by atoms with Gasteiger partial charge in [0, 0.05) is 31.2 Å². The van der Waals surface area contributed by atoms with Gasteiger partial charge in [-0.25, -0.2) is 8.42 Å². The average molecular weight is 441 g/mol. The minimum atomic E-state index is -3.56. The highest BCUT2D eigenvalue weighted by molar-refractivity contribution is 7.89. The maximum Gasteiger partial charge on any atom is 0.243 e. The molecule has 0 bridgehead atoms. The summed E-state index contributed by atoms with van der Waals surface area (Å²) in [7, 11) is -3.56. The third kappa shape index (κ3) is 5.25. The molecule has 31 heavy (non-hydrogen) atoms. The predicted octanol–water partition coefficient (Wildman–Crippen LogP) is 4.60. The molecule has 1 amide bonds. The number of carbonyl (C=O) groups excluding carboxylic acids is 1. The summed E-state index contributed by atoms with van der Waals surface area (Å²) in [5.74, 6) is -0.174. The Morgan fingerprint density at radius 1 is 1.06 bits per heavy atom. The Hall–Kier alpha value is -2.44. The number of hydrogen-bond acceptors (Lipinski definition) is 3. The maximum atomic E-state index is 13.2. The van der Waals surface area contributed by atoms with E-state index in [-0.39, 0.29) is 17.2 Å². The van der Waals surface area contributed by atoms with E-state index in [1.165, 1.54) is 4.31 Å². The fraction of sp³-hybridized carbons (Fsp3) is 0.400. The number of nitrogens with zero attached hydrogens (tertiary/aromatic N) is 2. The smallest absolute Gasteiger partial charge is 0.243 e. The van der Waals surface area contributed by atoms with E-state index in [2.05, 4.69) is 27.4 Å². The number of para-hydroxylation sites is 1. The Morgan fingerprint density at radius 2 is 1.65 bits per heavy atom. The Bertz CT molecular complexity index is 1000. The van der Waals surface area contributed by atoms with Crippen molar-refractivity contribution in [2.75, 3.05) is 24.5 Å². The molecule has 1 aliphatic heterocycles. The van der Waals surface area contributed by atoms with E-state index in [1.807, 2.05) is 42.5 Å². The zero-order valence-corrected chi connectivity index (χ0v) is 19.4. The summed E-state index contributed by atoms with van der Waals surface area (Å²) in [4.78, 5) is 15.2. The van der Waals surface area contributed by atoms with E-state index in [4.69, 9.17) is 0 Å². The van der Waals surface area contributed by atoms with Gasteiger partial charge >= 0.3 is 0 Å². The first-order valence-electron chi connectivity index (χ1n) is 10.7. The SMILES string of the molecule is C=CCN(C(=O)C1CCN(S(=O)(=O)c2ccc(C(C)(C)C)cc2)CC1)c1ccccc1. The molecule has 1 heterocycles. The number of benzene rings is 2. The van der Waals surface area contributed by atoms with Gasteiger partial charge in [0.1, 0.15) is 0 Å². The van der Waals surface area contributed by atoms with Crippen molar-refractivity contribution >= 4 is 21.6 Å². The number of anilines is 1. The van der Waals surface area contributed by atoms with Crippen LogP contribution in [-0.2, 0) is 20.2 Å². The number of sulfonamides is 1. The predicted molar refractivity (Wildman–Crippen MR) is 126 cm³/mol. The van der Waals surface area contributed by atoms with Gasteiger partial charge in [-0.15, -0.1) is 6.58 Å². The van der Waals surface area contributed by atoms with E-state index in [0.717, 1.165) is 11.3 Å². The van der Waals surface area contributed by atoms with Crippen LogP contribution in [0.3, 0.4) is 0 Å². The quantitative estimate of drug-likeness (QED) is 0.617. The van der Waals surface area contributed by atoms with Crippen LogP contribution in [-0.4, -0.2) is 38.3 Å². The van der Waals surface area contributed by atoms with Crippen molar-refractivity contribution in [3.63, 3.8) is 0 Å². The van der Waals surface area contributed by atoms with Crippen molar-refractivity contribution in [3.05, 3.63) is 72.8 Å². The summed E-state index contributed by atoms with van der Waals surface area (Å²) in [6.07, 6.45) is 2.74. The summed E-state index contributed by atoms with van der Waals surface area (Å²) >= 11 is 0. The normalized spacial score (nSPS) is 16.1. The van der Waals surface area contributed by atoms with Gasteiger partial charge in [-0.2, -0.15) is 4.31 Å². The van der Waals surface area contributed by atoms with Gasteiger partial charge < -0.3 is 4.90 Å². The molecule has 0 N–H and O–H groups in total. The lowest BCUT2D eigenvalue weighted by molar-refractivity contribution is -0.123. The molecule has 2 aromatic carbocycles. The first kappa shape index (κ1) is 23.2. The molecule has 0 saturated carbocycles. The molecule has 166 valence electrons. The fourth-order valence-electron chi connectivity index (χ4n) is 3.90. The number of piperidine rings is 1. The maximum absolute atomic E-state index is 13.2. The largest absolute Gasteiger partial charge is 0.308 e. The second-order valence-electron chi connectivity index (χ2n) is 9.03. The Labute approximate surface area is 186 Å². The zero-order valence-electron chi connectivity index (χ0n) is 18.6. The third-order valence-electron chi connectivity index (χ3n) is 5.81. The highest BCUT2D eigenvalue weighted by Gasteiger charge is 2.34. The summed E-state index contributed by atoms with van der Waals surface area (Å²) in [5, 5.41) is 0. The number of amides is 1. The minimum absolute atomic E-state index is 0.0256. The van der Waals surface area contributed by atoms with Crippen LogP contribution < -0.4 is 4.90 Å². The van der Waals surface area contributed by atoms with Crippen LogP contribution in [0.25, 0.3) is 0 Å². The Morgan fingerprint density at radius 3 is 2.16 bits per heavy atom. The first-order valence-corrected chi connectivity index (χ1v) is 12.2. The second-order valence-corrected chi connectivity index (χ2v) is 11.0. The molecule has 0 aromatic heterocycles. The van der Waals surface area contributed by atoms with Gasteiger partial charge in [-0.1, -0.05) is 57.2 Å². The lowest BCUT2D eigenvalue weighted by Gasteiger charge is -2.33. The monoisotopic (exact) mass is 440 g/mol. The van der Waals surface area contributed by atoms with Gasteiger partial charge in [0.25, 0.3) is 0 Å². The minimum Gasteiger partial charge on any atom is -0.308 e. The van der Waals surface area contributed by atoms with Crippen molar-refractivity contribution in [2.45, 2.75) is 43.9 Å². The lowest BCUT2D eigenvalue weighted by atomic mass is 9.87. The van der Waals surface area contributed by atoms with E-state index in [1.54, 1.807) is 23.1 Å². The van der Waals surface area contributed by atoms with E-state index in [0.29, 0.717) is 37.4 Å². The molecule has 1 aliphatic rings. The molecule has 0 atom stereocenters. The van der Waals surface area contributed by atoms with Gasteiger partial charge in [-0.3, -0.25) is 4.79 Å². The van der Waals surface area contributed by atoms with E-state index < -0.39 is 10.0 Å². The number of hydrogen-bond donors (Lipinski definition) is 0. The van der Waals surface area contributed by atoms with Gasteiger partial charge in [0.05, 0.1) is 4.90 Å². The Balaban J connectivity index is 1.69. The summed E-state index contributed by atoms with van der Waals surface area (Å²) in [6.45, 7) is 11.2. The number of carbonyl (C=O) groups is 1. The molecule has 0 radical (unpaired) electrons.